The number of aromatic nitrogens is 5. The van der Waals surface area contributed by atoms with E-state index in [0.717, 1.165) is 11.5 Å². The predicted octanol–water partition coefficient (Wildman–Crippen LogP) is 0.621. The van der Waals surface area contributed by atoms with Crippen molar-refractivity contribution in [2.24, 2.45) is 7.05 Å². The number of hydrogen-bond acceptors (Lipinski definition) is 8. The molecule has 1 spiro atoms. The number of amides is 1. The Labute approximate surface area is 253 Å². The number of nitrogens with one attached hydrogen (secondary N) is 1. The molecular weight excluding hydrogens is 521 g/mol. The molecule has 1 fully saturated rings. The minimum absolute atomic E-state index is 0. The fourth-order valence-corrected chi connectivity index (χ4v) is 5.22. The molecule has 0 bridgehead atoms. The molecule has 1 saturated heterocycles. The number of nitrogens with zero attached hydrogens (tertiary/aromatic N) is 6. The Morgan fingerprint density at radius 3 is 2.70 bits per heavy atom. The van der Waals surface area contributed by atoms with Gasteiger partial charge in [-0.15, -0.1) is 0 Å². The average Bonchev–Trinajstić information content (AvgIpc) is 3.62. The fourth-order valence-electron chi connectivity index (χ4n) is 5.22. The number of benzene rings is 2. The van der Waals surface area contributed by atoms with Gasteiger partial charge in [-0.2, -0.15) is 5.10 Å². The summed E-state index contributed by atoms with van der Waals surface area (Å²) < 4.78 is 13.9. The Hall–Kier alpha value is -3.67. The third kappa shape index (κ3) is 5.49. The van der Waals surface area contributed by atoms with Crippen molar-refractivity contribution in [3.8, 4) is 22.9 Å². The first-order valence-electron chi connectivity index (χ1n) is 12.9. The molecule has 0 unspecified atom stereocenters. The number of likely N-dealkylation sites (tertiary alicyclic amines) is 1. The Morgan fingerprint density at radius 1 is 1.18 bits per heavy atom. The molecule has 12 heteroatoms. The molecule has 1 amide bonds. The number of carbonyl (C=O) groups is 2. The number of fused-ring (bicyclic) bond motifs is 1. The Morgan fingerprint density at radius 2 is 2.00 bits per heavy atom. The van der Waals surface area contributed by atoms with E-state index in [4.69, 9.17) is 9.47 Å². The topological polar surface area (TPSA) is 126 Å². The first-order valence-corrected chi connectivity index (χ1v) is 12.9. The monoisotopic (exact) mass is 549 g/mol. The summed E-state index contributed by atoms with van der Waals surface area (Å²) in [5.41, 5.74) is 1.91. The van der Waals surface area contributed by atoms with E-state index < -0.39 is 5.60 Å². The van der Waals surface area contributed by atoms with Crippen LogP contribution in [-0.4, -0.2) is 61.9 Å². The van der Waals surface area contributed by atoms with Crippen LogP contribution in [0.3, 0.4) is 0 Å². The Kier molecular flexibility index (Phi) is 7.97. The summed E-state index contributed by atoms with van der Waals surface area (Å²) in [7, 11) is 1.85. The second-order valence-electron chi connectivity index (χ2n) is 9.82. The van der Waals surface area contributed by atoms with E-state index in [1.165, 1.54) is 6.33 Å². The van der Waals surface area contributed by atoms with E-state index >= 15 is 0 Å². The zero-order chi connectivity index (χ0) is 27.0. The maximum atomic E-state index is 13.5. The van der Waals surface area contributed by atoms with Crippen LogP contribution in [0.5, 0.6) is 11.5 Å². The first kappa shape index (κ1) is 27.9. The molecular formula is C28H28N7NaO4. The summed E-state index contributed by atoms with van der Waals surface area (Å²) in [5, 5.41) is 15.2. The third-order valence-corrected chi connectivity index (χ3v) is 7.25. The molecule has 0 aliphatic carbocycles. The van der Waals surface area contributed by atoms with Crippen LogP contribution in [0.1, 0.15) is 46.9 Å². The van der Waals surface area contributed by atoms with Crippen LogP contribution in [0.15, 0.2) is 55.0 Å². The maximum absolute atomic E-state index is 13.5. The molecule has 4 heterocycles. The maximum Gasteiger partial charge on any atom is 1.00 e. The largest absolute Gasteiger partial charge is 1.00 e. The smallest absolute Gasteiger partial charge is 0.494 e. The fraction of sp³-hybridized carbons (Fsp3) is 0.321. The zero-order valence-corrected chi connectivity index (χ0v) is 24.8. The molecule has 0 saturated carbocycles. The minimum Gasteiger partial charge on any atom is -0.494 e. The van der Waals surface area contributed by atoms with Gasteiger partial charge in [-0.3, -0.25) is 14.3 Å². The molecule has 2 aliphatic rings. The van der Waals surface area contributed by atoms with E-state index in [9.17, 15) is 9.59 Å². The number of carbonyl (C=O) groups excluding carboxylic acids is 2. The summed E-state index contributed by atoms with van der Waals surface area (Å²) >= 11 is 0. The number of anilines is 2. The van der Waals surface area contributed by atoms with E-state index in [1.54, 1.807) is 34.0 Å². The van der Waals surface area contributed by atoms with Gasteiger partial charge in [0.1, 0.15) is 22.9 Å². The van der Waals surface area contributed by atoms with Gasteiger partial charge in [-0.25, -0.2) is 0 Å². The number of hydrogen-bond donors (Lipinski definition) is 1. The number of aryl methyl sites for hydroxylation is 1. The normalized spacial score (nSPS) is 15.7. The van der Waals surface area contributed by atoms with Crippen molar-refractivity contribution in [1.82, 2.24) is 29.9 Å². The van der Waals surface area contributed by atoms with E-state index in [1.807, 2.05) is 38.2 Å². The second kappa shape index (κ2) is 11.4. The molecule has 2 aromatic heterocycles. The summed E-state index contributed by atoms with van der Waals surface area (Å²) in [6, 6.07) is 12.7. The van der Waals surface area contributed by atoms with Crippen molar-refractivity contribution < 1.29 is 48.6 Å². The molecule has 1 N–H and O–H groups in total. The van der Waals surface area contributed by atoms with E-state index in [-0.39, 0.29) is 47.7 Å². The van der Waals surface area contributed by atoms with Gasteiger partial charge in [0.15, 0.2) is 5.78 Å². The number of Topliss-reactive ketones (excluding diaryl/α,β-unsaturated/α-hetero) is 1. The van der Waals surface area contributed by atoms with Gasteiger partial charge >= 0.3 is 29.6 Å². The summed E-state index contributed by atoms with van der Waals surface area (Å²) in [6.45, 7) is 3.31. The standard InChI is InChI=1S/C28H28N7O4.Na/c1-3-38-21-13-18(26-29-17-30-33-26)12-19(14-21)27(37)35-10-7-28(8-11-35)16-23(36)22-15-20(4-5-24(22)39-28)32-25-6-9-31-34(25)2;/h4-6,9,12-15,17H,3,7-8,10-11,16H2,1-2H3,(H-,29,30,31,32,33);/q-1;+1. The van der Waals surface area contributed by atoms with Crippen molar-refractivity contribution in [3.05, 3.63) is 66.1 Å². The number of ketones is 1. The molecule has 6 rings (SSSR count). The van der Waals surface area contributed by atoms with Crippen LogP contribution in [0, 0.1) is 0 Å². The average molecular weight is 550 g/mol. The summed E-state index contributed by atoms with van der Waals surface area (Å²) in [4.78, 5) is 32.7. The van der Waals surface area contributed by atoms with Gasteiger partial charge in [0.2, 0.25) is 0 Å². The van der Waals surface area contributed by atoms with Gasteiger partial charge in [0.25, 0.3) is 5.91 Å². The van der Waals surface area contributed by atoms with Crippen molar-refractivity contribution in [2.75, 3.05) is 25.0 Å². The summed E-state index contributed by atoms with van der Waals surface area (Å²) in [5.74, 6) is 2.36. The zero-order valence-electron chi connectivity index (χ0n) is 22.8. The van der Waals surface area contributed by atoms with Gasteiger partial charge in [-0.05, 0) is 55.2 Å². The Bertz CT molecular complexity index is 1530. The predicted molar refractivity (Wildman–Crippen MR) is 142 cm³/mol. The molecule has 11 nitrogen and oxygen atoms in total. The van der Waals surface area contributed by atoms with Crippen LogP contribution >= 0.6 is 0 Å². The van der Waals surface area contributed by atoms with Crippen LogP contribution < -0.4 is 49.3 Å². The number of rotatable bonds is 6. The van der Waals surface area contributed by atoms with Crippen molar-refractivity contribution in [2.45, 2.75) is 31.8 Å². The van der Waals surface area contributed by atoms with Crippen LogP contribution in [-0.2, 0) is 7.05 Å². The van der Waals surface area contributed by atoms with Crippen molar-refractivity contribution in [3.63, 3.8) is 0 Å². The molecule has 40 heavy (non-hydrogen) atoms. The SMILES string of the molecule is CCOc1cc(C(=O)N2CCC3(CC2)CC(=O)c2cc(Nc4ccnn4C)ccc2O3)cc(-c2nnc[n-]2)c1.[Na+]. The van der Waals surface area contributed by atoms with E-state index in [2.05, 4.69) is 25.6 Å². The van der Waals surface area contributed by atoms with Gasteiger partial charge < -0.3 is 34.9 Å². The quantitative estimate of drug-likeness (QED) is 0.345. The second-order valence-corrected chi connectivity index (χ2v) is 9.82. The van der Waals surface area contributed by atoms with Crippen molar-refractivity contribution in [1.29, 1.82) is 0 Å². The number of ether oxygens (including phenoxy) is 2. The van der Waals surface area contributed by atoms with Crippen LogP contribution in [0.2, 0.25) is 0 Å². The van der Waals surface area contributed by atoms with Crippen LogP contribution in [0.25, 0.3) is 11.4 Å². The number of piperidine rings is 1. The van der Waals surface area contributed by atoms with Gasteiger partial charge in [0, 0.05) is 56.1 Å². The molecule has 0 radical (unpaired) electrons. The molecule has 200 valence electrons. The molecule has 2 aromatic carbocycles. The third-order valence-electron chi connectivity index (χ3n) is 7.25. The molecule has 0 atom stereocenters. The molecule has 2 aliphatic heterocycles. The Balaban J connectivity index is 0.00000323. The first-order chi connectivity index (χ1) is 18.9. The van der Waals surface area contributed by atoms with E-state index in [0.29, 0.717) is 66.6 Å². The molecule has 4 aromatic rings. The van der Waals surface area contributed by atoms with Crippen molar-refractivity contribution >= 4 is 23.2 Å². The minimum atomic E-state index is -0.620. The van der Waals surface area contributed by atoms with Gasteiger partial charge in [-0.1, -0.05) is 0 Å². The van der Waals surface area contributed by atoms with Gasteiger partial charge in [0.05, 0.1) is 24.8 Å². The van der Waals surface area contributed by atoms with Crippen LogP contribution in [0.4, 0.5) is 11.5 Å². The summed E-state index contributed by atoms with van der Waals surface area (Å²) in [6.07, 6.45) is 4.48.